The third-order valence-corrected chi connectivity index (χ3v) is 4.07. The Morgan fingerprint density at radius 2 is 1.88 bits per heavy atom. The lowest BCUT2D eigenvalue weighted by molar-refractivity contribution is -0.133. The van der Waals surface area contributed by atoms with Gasteiger partial charge in [-0.25, -0.2) is 5.01 Å². The van der Waals surface area contributed by atoms with Crippen LogP contribution in [-0.2, 0) is 4.79 Å². The summed E-state index contributed by atoms with van der Waals surface area (Å²) >= 11 is 0. The second kappa shape index (κ2) is 4.34. The van der Waals surface area contributed by atoms with E-state index in [9.17, 15) is 4.79 Å². The van der Waals surface area contributed by atoms with Gasteiger partial charge in [-0.05, 0) is 51.7 Å². The number of piperidine rings is 1. The first-order chi connectivity index (χ1) is 7.54. The average molecular weight is 225 g/mol. The van der Waals surface area contributed by atoms with Crippen molar-refractivity contribution in [2.24, 2.45) is 11.3 Å². The molecule has 92 valence electrons. The third-order valence-electron chi connectivity index (χ3n) is 4.07. The first-order valence-corrected chi connectivity index (χ1v) is 6.21. The number of nitrogens with one attached hydrogen (secondary N) is 1. The molecule has 16 heavy (non-hydrogen) atoms. The van der Waals surface area contributed by atoms with E-state index in [-0.39, 0.29) is 11.3 Å². The number of carbonyl (C=O) groups excluding carboxylic acids is 1. The van der Waals surface area contributed by atoms with Crippen molar-refractivity contribution < 1.29 is 4.79 Å². The van der Waals surface area contributed by atoms with Crippen molar-refractivity contribution in [3.05, 3.63) is 0 Å². The van der Waals surface area contributed by atoms with Gasteiger partial charge in [-0.3, -0.25) is 10.2 Å². The molecule has 2 fully saturated rings. The summed E-state index contributed by atoms with van der Waals surface area (Å²) < 4.78 is 0. The highest BCUT2D eigenvalue weighted by Gasteiger charge is 2.55. The summed E-state index contributed by atoms with van der Waals surface area (Å²) in [4.78, 5) is 14.5. The van der Waals surface area contributed by atoms with Crippen molar-refractivity contribution in [1.82, 2.24) is 15.3 Å². The molecule has 4 nitrogen and oxygen atoms in total. The fourth-order valence-electron chi connectivity index (χ4n) is 2.83. The number of likely N-dealkylation sites (tertiary alicyclic amines) is 1. The zero-order valence-corrected chi connectivity index (χ0v) is 10.6. The summed E-state index contributed by atoms with van der Waals surface area (Å²) in [5, 5.41) is 1.76. The highest BCUT2D eigenvalue weighted by Crippen LogP contribution is 2.55. The highest BCUT2D eigenvalue weighted by molar-refractivity contribution is 5.85. The third kappa shape index (κ3) is 2.23. The maximum absolute atomic E-state index is 12.2. The molecule has 0 aromatic heterocycles. The molecule has 0 radical (unpaired) electrons. The van der Waals surface area contributed by atoms with E-state index >= 15 is 0 Å². The minimum absolute atomic E-state index is 0.0223. The second-order valence-electron chi connectivity index (χ2n) is 5.57. The van der Waals surface area contributed by atoms with E-state index in [0.717, 1.165) is 25.9 Å². The van der Waals surface area contributed by atoms with Gasteiger partial charge in [-0.2, -0.15) is 0 Å². The minimum Gasteiger partial charge on any atom is -0.306 e. The summed E-state index contributed by atoms with van der Waals surface area (Å²) in [6, 6.07) is 0. The molecule has 1 heterocycles. The van der Waals surface area contributed by atoms with E-state index in [1.807, 2.05) is 14.1 Å². The monoisotopic (exact) mass is 225 g/mol. The molecule has 2 aliphatic rings. The summed E-state index contributed by atoms with van der Waals surface area (Å²) in [6.45, 7) is 2.28. The molecular formula is C12H23N3O. The van der Waals surface area contributed by atoms with E-state index < -0.39 is 0 Å². The largest absolute Gasteiger partial charge is 0.306 e. The van der Waals surface area contributed by atoms with Gasteiger partial charge in [0.15, 0.2) is 0 Å². The number of amides is 1. The lowest BCUT2D eigenvalue weighted by Gasteiger charge is -2.34. The second-order valence-corrected chi connectivity index (χ2v) is 5.57. The molecule has 0 spiro atoms. The predicted molar refractivity (Wildman–Crippen MR) is 63.7 cm³/mol. The molecule has 1 aliphatic heterocycles. The summed E-state index contributed by atoms with van der Waals surface area (Å²) in [5.74, 6) is 0.843. The van der Waals surface area contributed by atoms with Gasteiger partial charge >= 0.3 is 0 Å². The number of hydrazine groups is 1. The Balaban J connectivity index is 1.94. The maximum Gasteiger partial charge on any atom is 0.240 e. The average Bonchev–Trinajstić information content (AvgIpc) is 2.98. The van der Waals surface area contributed by atoms with Crippen molar-refractivity contribution in [2.45, 2.75) is 25.7 Å². The first kappa shape index (κ1) is 11.9. The molecule has 0 atom stereocenters. The van der Waals surface area contributed by atoms with Crippen LogP contribution in [0.2, 0.25) is 0 Å². The summed E-state index contributed by atoms with van der Waals surface area (Å²) in [7, 11) is 5.92. The molecule has 4 heteroatoms. The predicted octanol–water partition coefficient (Wildman–Crippen LogP) is 0.701. The van der Waals surface area contributed by atoms with Crippen molar-refractivity contribution in [3.8, 4) is 0 Å². The molecular weight excluding hydrogens is 202 g/mol. The van der Waals surface area contributed by atoms with Crippen LogP contribution in [0.3, 0.4) is 0 Å². The van der Waals surface area contributed by atoms with Gasteiger partial charge < -0.3 is 4.90 Å². The highest BCUT2D eigenvalue weighted by atomic mass is 16.2. The van der Waals surface area contributed by atoms with E-state index in [4.69, 9.17) is 0 Å². The van der Waals surface area contributed by atoms with Gasteiger partial charge in [0.05, 0.1) is 5.41 Å². The number of hydrogen-bond acceptors (Lipinski definition) is 3. The molecule has 1 saturated heterocycles. The molecule has 1 amide bonds. The molecule has 0 aromatic carbocycles. The quantitative estimate of drug-likeness (QED) is 0.718. The Morgan fingerprint density at radius 1 is 1.31 bits per heavy atom. The Bertz CT molecular complexity index is 265. The summed E-state index contributed by atoms with van der Waals surface area (Å²) in [5.41, 5.74) is 2.91. The fraction of sp³-hybridized carbons (Fsp3) is 0.917. The molecule has 0 aromatic rings. The number of rotatable bonds is 3. The first-order valence-electron chi connectivity index (χ1n) is 6.21. The van der Waals surface area contributed by atoms with Gasteiger partial charge in [-0.15, -0.1) is 0 Å². The van der Waals surface area contributed by atoms with E-state index in [1.165, 1.54) is 12.8 Å². The molecule has 1 saturated carbocycles. The maximum atomic E-state index is 12.2. The number of carbonyl (C=O) groups is 1. The van der Waals surface area contributed by atoms with Crippen LogP contribution >= 0.6 is 0 Å². The Kier molecular flexibility index (Phi) is 3.22. The normalized spacial score (nSPS) is 25.8. The van der Waals surface area contributed by atoms with Gasteiger partial charge in [-0.1, -0.05) is 0 Å². The number of hydrogen-bond donors (Lipinski definition) is 1. The minimum atomic E-state index is -0.0223. The van der Waals surface area contributed by atoms with Crippen LogP contribution in [0, 0.1) is 11.3 Å². The van der Waals surface area contributed by atoms with Gasteiger partial charge in [0.2, 0.25) is 5.91 Å². The van der Waals surface area contributed by atoms with Crippen LogP contribution in [0.4, 0.5) is 0 Å². The molecule has 1 N–H and O–H groups in total. The lowest BCUT2D eigenvalue weighted by Crippen LogP contribution is -2.46. The SMILES string of the molecule is CN1CCC(C2(C(=O)NN(C)C)CC2)CC1. The van der Waals surface area contributed by atoms with E-state index in [0.29, 0.717) is 5.92 Å². The van der Waals surface area contributed by atoms with Crippen LogP contribution in [0.1, 0.15) is 25.7 Å². The Morgan fingerprint density at radius 3 is 2.31 bits per heavy atom. The van der Waals surface area contributed by atoms with Gasteiger partial charge in [0.25, 0.3) is 0 Å². The van der Waals surface area contributed by atoms with Crippen LogP contribution in [0.5, 0.6) is 0 Å². The standard InChI is InChI=1S/C12H23N3O/c1-14(2)13-11(16)12(6-7-12)10-4-8-15(3)9-5-10/h10H,4-9H2,1-3H3,(H,13,16). The topological polar surface area (TPSA) is 35.6 Å². The van der Waals surface area contributed by atoms with Gasteiger partial charge in [0, 0.05) is 14.1 Å². The fourth-order valence-corrected chi connectivity index (χ4v) is 2.83. The zero-order valence-electron chi connectivity index (χ0n) is 10.6. The Hall–Kier alpha value is -0.610. The van der Waals surface area contributed by atoms with Crippen LogP contribution in [0.25, 0.3) is 0 Å². The van der Waals surface area contributed by atoms with Crippen LogP contribution < -0.4 is 5.43 Å². The van der Waals surface area contributed by atoms with Crippen molar-refractivity contribution in [1.29, 1.82) is 0 Å². The summed E-state index contributed by atoms with van der Waals surface area (Å²) in [6.07, 6.45) is 4.52. The number of nitrogens with zero attached hydrogens (tertiary/aromatic N) is 2. The Labute approximate surface area is 97.9 Å². The van der Waals surface area contributed by atoms with Crippen LogP contribution in [-0.4, -0.2) is 50.0 Å². The smallest absolute Gasteiger partial charge is 0.240 e. The van der Waals surface area contributed by atoms with Crippen LogP contribution in [0.15, 0.2) is 0 Å². The molecule has 0 bridgehead atoms. The van der Waals surface area contributed by atoms with E-state index in [2.05, 4.69) is 17.4 Å². The molecule has 1 aliphatic carbocycles. The van der Waals surface area contributed by atoms with Gasteiger partial charge in [0.1, 0.15) is 0 Å². The molecule has 2 rings (SSSR count). The van der Waals surface area contributed by atoms with Crippen molar-refractivity contribution >= 4 is 5.91 Å². The zero-order chi connectivity index (χ0) is 11.8. The van der Waals surface area contributed by atoms with Crippen molar-refractivity contribution in [3.63, 3.8) is 0 Å². The van der Waals surface area contributed by atoms with E-state index in [1.54, 1.807) is 5.01 Å². The lowest BCUT2D eigenvalue weighted by atomic mass is 9.81. The van der Waals surface area contributed by atoms with Crippen molar-refractivity contribution in [2.75, 3.05) is 34.2 Å². The molecule has 0 unspecified atom stereocenters.